The predicted octanol–water partition coefficient (Wildman–Crippen LogP) is 3.26. The van der Waals surface area contributed by atoms with Crippen molar-refractivity contribution in [2.24, 2.45) is 0 Å². The molecule has 1 aromatic rings. The van der Waals surface area contributed by atoms with Crippen molar-refractivity contribution in [3.05, 3.63) is 19.9 Å². The van der Waals surface area contributed by atoms with Crippen LogP contribution in [0.4, 0.5) is 0 Å². The summed E-state index contributed by atoms with van der Waals surface area (Å²) in [7, 11) is 0. The number of halogens is 1. The van der Waals surface area contributed by atoms with Gasteiger partial charge in [-0.1, -0.05) is 12.8 Å². The highest BCUT2D eigenvalue weighted by Gasteiger charge is 2.27. The third-order valence-electron chi connectivity index (χ3n) is 3.08. The summed E-state index contributed by atoms with van der Waals surface area (Å²) in [5, 5.41) is 10.7. The molecule has 2 rings (SSSR count). The zero-order valence-corrected chi connectivity index (χ0v) is 12.3. The minimum Gasteiger partial charge on any atom is -0.322 e. The van der Waals surface area contributed by atoms with E-state index in [9.17, 15) is 4.79 Å². The zero-order valence-electron chi connectivity index (χ0n) is 9.36. The molecule has 0 aliphatic heterocycles. The molecule has 1 fully saturated rings. The van der Waals surface area contributed by atoms with Gasteiger partial charge in [-0.25, -0.2) is 0 Å². The lowest BCUT2D eigenvalue weighted by Gasteiger charge is -2.26. The summed E-state index contributed by atoms with van der Waals surface area (Å²) >= 11 is 3.78. The van der Waals surface area contributed by atoms with Crippen LogP contribution in [0.5, 0.6) is 0 Å². The SMILES string of the molecule is N#CCN(C(=O)c1csc(I)c1)C1CCCC1. The lowest BCUT2D eigenvalue weighted by Crippen LogP contribution is -2.38. The molecule has 0 atom stereocenters. The second-order valence-electron chi connectivity index (χ2n) is 4.17. The molecular weight excluding hydrogens is 347 g/mol. The third-order valence-corrected chi connectivity index (χ3v) is 4.87. The summed E-state index contributed by atoms with van der Waals surface area (Å²) in [6, 6.07) is 4.27. The van der Waals surface area contributed by atoms with Crippen LogP contribution in [0.25, 0.3) is 0 Å². The van der Waals surface area contributed by atoms with Crippen molar-refractivity contribution in [1.29, 1.82) is 5.26 Å². The summed E-state index contributed by atoms with van der Waals surface area (Å²) < 4.78 is 1.11. The van der Waals surface area contributed by atoms with Gasteiger partial charge in [-0.15, -0.1) is 11.3 Å². The van der Waals surface area contributed by atoms with Crippen molar-refractivity contribution in [2.45, 2.75) is 31.7 Å². The van der Waals surface area contributed by atoms with Gasteiger partial charge in [0.15, 0.2) is 0 Å². The van der Waals surface area contributed by atoms with Crippen LogP contribution in [0.15, 0.2) is 11.4 Å². The molecule has 0 aromatic carbocycles. The molecule has 0 N–H and O–H groups in total. The van der Waals surface area contributed by atoms with Crippen LogP contribution in [-0.2, 0) is 0 Å². The van der Waals surface area contributed by atoms with E-state index in [1.807, 2.05) is 11.4 Å². The number of amides is 1. The minimum atomic E-state index is 0.0117. The average Bonchev–Trinajstić information content (AvgIpc) is 2.95. The quantitative estimate of drug-likeness (QED) is 0.614. The van der Waals surface area contributed by atoms with E-state index >= 15 is 0 Å². The normalized spacial score (nSPS) is 15.8. The first-order chi connectivity index (χ1) is 8.22. The van der Waals surface area contributed by atoms with E-state index in [0.717, 1.165) is 21.3 Å². The molecule has 90 valence electrons. The first-order valence-electron chi connectivity index (χ1n) is 5.64. The van der Waals surface area contributed by atoms with Crippen LogP contribution >= 0.6 is 33.9 Å². The number of thiophene rings is 1. The van der Waals surface area contributed by atoms with E-state index in [1.165, 1.54) is 12.8 Å². The van der Waals surface area contributed by atoms with E-state index < -0.39 is 0 Å². The Morgan fingerprint density at radius 1 is 1.59 bits per heavy atom. The molecule has 1 amide bonds. The minimum absolute atomic E-state index is 0.0117. The molecule has 1 aliphatic rings. The molecule has 1 aliphatic carbocycles. The first-order valence-corrected chi connectivity index (χ1v) is 7.60. The topological polar surface area (TPSA) is 44.1 Å². The maximum Gasteiger partial charge on any atom is 0.255 e. The van der Waals surface area contributed by atoms with E-state index in [2.05, 4.69) is 28.7 Å². The van der Waals surface area contributed by atoms with Crippen molar-refractivity contribution in [3.63, 3.8) is 0 Å². The molecule has 1 aromatic heterocycles. The highest BCUT2D eigenvalue weighted by atomic mass is 127. The van der Waals surface area contributed by atoms with Crippen LogP contribution in [0, 0.1) is 14.2 Å². The van der Waals surface area contributed by atoms with Crippen molar-refractivity contribution < 1.29 is 4.79 Å². The van der Waals surface area contributed by atoms with E-state index in [-0.39, 0.29) is 18.5 Å². The molecule has 0 spiro atoms. The molecule has 1 heterocycles. The van der Waals surface area contributed by atoms with Crippen molar-refractivity contribution >= 4 is 39.8 Å². The monoisotopic (exact) mass is 360 g/mol. The highest BCUT2D eigenvalue weighted by molar-refractivity contribution is 14.1. The summed E-state index contributed by atoms with van der Waals surface area (Å²) in [6.45, 7) is 0.204. The highest BCUT2D eigenvalue weighted by Crippen LogP contribution is 2.26. The van der Waals surface area contributed by atoms with E-state index in [0.29, 0.717) is 0 Å². The van der Waals surface area contributed by atoms with E-state index in [1.54, 1.807) is 16.2 Å². The summed E-state index contributed by atoms with van der Waals surface area (Å²) in [6.07, 6.45) is 4.41. The zero-order chi connectivity index (χ0) is 12.3. The summed E-state index contributed by atoms with van der Waals surface area (Å²) in [5.41, 5.74) is 0.724. The Morgan fingerprint density at radius 2 is 2.29 bits per heavy atom. The average molecular weight is 360 g/mol. The third kappa shape index (κ3) is 2.99. The Kier molecular flexibility index (Phi) is 4.40. The lowest BCUT2D eigenvalue weighted by atomic mass is 10.2. The molecule has 0 bridgehead atoms. The Morgan fingerprint density at radius 3 is 2.82 bits per heavy atom. The number of rotatable bonds is 3. The van der Waals surface area contributed by atoms with Crippen molar-refractivity contribution in [2.75, 3.05) is 6.54 Å². The van der Waals surface area contributed by atoms with Crippen LogP contribution in [0.2, 0.25) is 0 Å². The number of nitrogens with zero attached hydrogens (tertiary/aromatic N) is 2. The molecule has 1 saturated carbocycles. The predicted molar refractivity (Wildman–Crippen MR) is 75.9 cm³/mol. The van der Waals surface area contributed by atoms with Gasteiger partial charge in [0.2, 0.25) is 0 Å². The molecule has 3 nitrogen and oxygen atoms in total. The first kappa shape index (κ1) is 12.8. The summed E-state index contributed by atoms with van der Waals surface area (Å²) in [4.78, 5) is 14.1. The maximum absolute atomic E-state index is 12.3. The van der Waals surface area contributed by atoms with Gasteiger partial charge >= 0.3 is 0 Å². The Hall–Kier alpha value is -0.610. The van der Waals surface area contributed by atoms with Crippen molar-refractivity contribution in [3.8, 4) is 6.07 Å². The van der Waals surface area contributed by atoms with E-state index in [4.69, 9.17) is 5.26 Å². The number of carbonyl (C=O) groups excluding carboxylic acids is 1. The van der Waals surface area contributed by atoms with Crippen LogP contribution in [0.3, 0.4) is 0 Å². The number of nitriles is 1. The summed E-state index contributed by atoms with van der Waals surface area (Å²) in [5.74, 6) is 0.0117. The number of hydrogen-bond donors (Lipinski definition) is 0. The second kappa shape index (κ2) is 5.83. The van der Waals surface area contributed by atoms with Gasteiger partial charge in [0.1, 0.15) is 6.54 Å². The van der Waals surface area contributed by atoms with Crippen molar-refractivity contribution in [1.82, 2.24) is 4.90 Å². The lowest BCUT2D eigenvalue weighted by molar-refractivity contribution is 0.0710. The molecule has 5 heteroatoms. The number of hydrogen-bond acceptors (Lipinski definition) is 3. The van der Waals surface area contributed by atoms with Gasteiger partial charge in [0, 0.05) is 11.4 Å². The second-order valence-corrected chi connectivity index (χ2v) is 6.97. The fraction of sp³-hybridized carbons (Fsp3) is 0.500. The molecule has 0 radical (unpaired) electrons. The maximum atomic E-state index is 12.3. The fourth-order valence-corrected chi connectivity index (χ4v) is 3.57. The molecule has 0 unspecified atom stereocenters. The van der Waals surface area contributed by atoms with Gasteiger partial charge in [-0.2, -0.15) is 5.26 Å². The molecule has 17 heavy (non-hydrogen) atoms. The molecule has 0 saturated heterocycles. The van der Waals surface area contributed by atoms with Crippen LogP contribution in [0.1, 0.15) is 36.0 Å². The Labute approximate surface area is 119 Å². The van der Waals surface area contributed by atoms with Gasteiger partial charge < -0.3 is 4.90 Å². The van der Waals surface area contributed by atoms with Crippen LogP contribution in [-0.4, -0.2) is 23.4 Å². The largest absolute Gasteiger partial charge is 0.322 e. The Balaban J connectivity index is 2.15. The standard InChI is InChI=1S/C12H13IN2OS/c13-11-7-9(8-17-11)12(16)15(6-5-14)10-3-1-2-4-10/h7-8,10H,1-4,6H2. The van der Waals surface area contributed by atoms with Gasteiger partial charge in [-0.3, -0.25) is 4.79 Å². The Bertz CT molecular complexity index is 446. The van der Waals surface area contributed by atoms with Gasteiger partial charge in [0.05, 0.1) is 14.5 Å². The van der Waals surface area contributed by atoms with Gasteiger partial charge in [-0.05, 0) is 41.5 Å². The fourth-order valence-electron chi connectivity index (χ4n) is 2.25. The smallest absolute Gasteiger partial charge is 0.255 e. The van der Waals surface area contributed by atoms with Gasteiger partial charge in [0.25, 0.3) is 5.91 Å². The molecular formula is C12H13IN2OS. The van der Waals surface area contributed by atoms with Crippen LogP contribution < -0.4 is 0 Å². The number of carbonyl (C=O) groups is 1.